The average Bonchev–Trinajstić information content (AvgIpc) is 2.57. The van der Waals surface area contributed by atoms with E-state index in [0.29, 0.717) is 13.0 Å². The third kappa shape index (κ3) is 5.23. The van der Waals surface area contributed by atoms with Gasteiger partial charge in [-0.15, -0.1) is 0 Å². The van der Waals surface area contributed by atoms with E-state index in [-0.39, 0.29) is 29.2 Å². The molecule has 134 valence electrons. The van der Waals surface area contributed by atoms with Crippen LogP contribution < -0.4 is 21.5 Å². The van der Waals surface area contributed by atoms with Gasteiger partial charge in [-0.3, -0.25) is 9.59 Å². The summed E-state index contributed by atoms with van der Waals surface area (Å²) in [7, 11) is 0. The molecule has 0 saturated carbocycles. The summed E-state index contributed by atoms with van der Waals surface area (Å²) in [5.74, 6) is -1.54. The van der Waals surface area contributed by atoms with E-state index in [0.717, 1.165) is 5.56 Å². The van der Waals surface area contributed by atoms with E-state index in [1.165, 1.54) is 35.2 Å². The number of phenolic OH excluding ortho intramolecular Hbond substituents is 2. The predicted molar refractivity (Wildman–Crippen MR) is 88.4 cm³/mol. The quantitative estimate of drug-likeness (QED) is 0.250. The van der Waals surface area contributed by atoms with Crippen molar-refractivity contribution in [1.29, 1.82) is 0 Å². The lowest BCUT2D eigenvalue weighted by molar-refractivity contribution is -0.138. The van der Waals surface area contributed by atoms with Gasteiger partial charge in [0.25, 0.3) is 0 Å². The van der Waals surface area contributed by atoms with E-state index in [4.69, 9.17) is 15.7 Å². The van der Waals surface area contributed by atoms with Gasteiger partial charge >= 0.3 is 5.97 Å². The number of aliphatic carboxylic acids is 1. The molecule has 0 bridgehead atoms. The van der Waals surface area contributed by atoms with E-state index in [2.05, 4.69) is 5.48 Å². The number of hydrogen-bond donors (Lipinski definition) is 5. The summed E-state index contributed by atoms with van der Waals surface area (Å²) in [6.07, 6.45) is 3.28. The highest BCUT2D eigenvalue weighted by molar-refractivity contribution is 5.72. The molecule has 0 unspecified atom stereocenters. The van der Waals surface area contributed by atoms with Crippen molar-refractivity contribution in [3.8, 4) is 17.2 Å². The highest BCUT2D eigenvalue weighted by atomic mass is 16.6. The van der Waals surface area contributed by atoms with Crippen molar-refractivity contribution in [3.63, 3.8) is 0 Å². The summed E-state index contributed by atoms with van der Waals surface area (Å²) >= 11 is 0. The van der Waals surface area contributed by atoms with Gasteiger partial charge in [-0.2, -0.15) is 5.48 Å². The van der Waals surface area contributed by atoms with E-state index in [9.17, 15) is 19.8 Å². The number of aromatic hydroxyl groups is 2. The zero-order valence-electron chi connectivity index (χ0n) is 13.3. The van der Waals surface area contributed by atoms with Crippen LogP contribution in [-0.2, 0) is 17.8 Å². The van der Waals surface area contributed by atoms with E-state index in [1.807, 2.05) is 0 Å². The van der Waals surface area contributed by atoms with Crippen LogP contribution in [0.15, 0.2) is 41.5 Å². The number of carboxylic acids is 1. The van der Waals surface area contributed by atoms with Crippen molar-refractivity contribution >= 4 is 5.97 Å². The second kappa shape index (κ2) is 8.18. The van der Waals surface area contributed by atoms with Gasteiger partial charge in [0, 0.05) is 25.4 Å². The van der Waals surface area contributed by atoms with Crippen molar-refractivity contribution in [2.75, 3.05) is 6.54 Å². The first-order chi connectivity index (χ1) is 11.9. The summed E-state index contributed by atoms with van der Waals surface area (Å²) in [5.41, 5.74) is 8.48. The van der Waals surface area contributed by atoms with Crippen LogP contribution in [0.1, 0.15) is 5.56 Å². The molecule has 1 atom stereocenters. The van der Waals surface area contributed by atoms with Crippen LogP contribution in [-0.4, -0.2) is 38.4 Å². The minimum absolute atomic E-state index is 0.00123. The Balaban J connectivity index is 1.90. The maximum absolute atomic E-state index is 11.8. The Morgan fingerprint density at radius 2 is 2.04 bits per heavy atom. The Morgan fingerprint density at radius 1 is 1.28 bits per heavy atom. The van der Waals surface area contributed by atoms with Crippen molar-refractivity contribution in [2.24, 2.45) is 5.73 Å². The summed E-state index contributed by atoms with van der Waals surface area (Å²) in [6, 6.07) is 4.63. The SMILES string of the molecule is N[C@@H](Cn1ccc(=O)c(ONCCc2ccc(O)c(O)c2)c1)C(=O)O. The molecule has 0 fully saturated rings. The Labute approximate surface area is 142 Å². The molecular weight excluding hydrogens is 330 g/mol. The predicted octanol–water partition coefficient (Wildman–Crippen LogP) is -0.203. The Morgan fingerprint density at radius 3 is 2.72 bits per heavy atom. The molecular formula is C16H19N3O6. The number of rotatable bonds is 8. The molecule has 1 heterocycles. The zero-order valence-corrected chi connectivity index (χ0v) is 13.3. The standard InChI is InChI=1S/C16H19N3O6/c17-11(16(23)24)8-19-6-4-13(21)15(9-19)25-18-5-3-10-1-2-12(20)14(22)7-10/h1-2,4,6-7,9,11,18,20,22H,3,5,8,17H2,(H,23,24)/t11-/m0/s1. The fourth-order valence-electron chi connectivity index (χ4n) is 2.05. The maximum Gasteiger partial charge on any atom is 0.322 e. The molecule has 2 aromatic rings. The number of hydrogen-bond acceptors (Lipinski definition) is 7. The van der Waals surface area contributed by atoms with Gasteiger partial charge in [-0.05, 0) is 24.1 Å². The highest BCUT2D eigenvalue weighted by Crippen LogP contribution is 2.24. The van der Waals surface area contributed by atoms with E-state index < -0.39 is 12.0 Å². The van der Waals surface area contributed by atoms with Crippen molar-refractivity contribution < 1.29 is 25.0 Å². The lowest BCUT2D eigenvalue weighted by atomic mass is 10.1. The van der Waals surface area contributed by atoms with Gasteiger partial charge in [0.15, 0.2) is 11.5 Å². The third-order valence-corrected chi connectivity index (χ3v) is 3.41. The normalized spacial score (nSPS) is 11.9. The molecule has 0 aliphatic carbocycles. The third-order valence-electron chi connectivity index (χ3n) is 3.41. The summed E-state index contributed by atoms with van der Waals surface area (Å²) in [6.45, 7) is 0.339. The number of benzene rings is 1. The van der Waals surface area contributed by atoms with Gasteiger partial charge in [0.1, 0.15) is 6.04 Å². The molecule has 9 nitrogen and oxygen atoms in total. The first-order valence-electron chi connectivity index (χ1n) is 7.46. The maximum atomic E-state index is 11.8. The number of phenols is 2. The topological polar surface area (TPSA) is 147 Å². The lowest BCUT2D eigenvalue weighted by Gasteiger charge is -2.12. The Bertz CT molecular complexity index is 805. The number of nitrogens with one attached hydrogen (secondary N) is 1. The molecule has 0 aliphatic heterocycles. The second-order valence-corrected chi connectivity index (χ2v) is 5.38. The van der Waals surface area contributed by atoms with Crippen LogP contribution in [0.4, 0.5) is 0 Å². The number of carboxylic acid groups (broad SMARTS) is 1. The molecule has 0 spiro atoms. The number of pyridine rings is 1. The smallest absolute Gasteiger partial charge is 0.322 e. The van der Waals surface area contributed by atoms with Crippen molar-refractivity contribution in [2.45, 2.75) is 19.0 Å². The van der Waals surface area contributed by atoms with Gasteiger partial charge in [0.2, 0.25) is 11.2 Å². The van der Waals surface area contributed by atoms with Crippen molar-refractivity contribution in [1.82, 2.24) is 10.0 Å². The van der Waals surface area contributed by atoms with Gasteiger partial charge in [0.05, 0.1) is 6.20 Å². The van der Waals surface area contributed by atoms with Crippen LogP contribution in [0, 0.1) is 0 Å². The molecule has 1 aromatic heterocycles. The molecule has 6 N–H and O–H groups in total. The van der Waals surface area contributed by atoms with Crippen LogP contribution >= 0.6 is 0 Å². The Hall–Kier alpha value is -3.04. The summed E-state index contributed by atoms with van der Waals surface area (Å²) in [4.78, 5) is 27.7. The fourth-order valence-corrected chi connectivity index (χ4v) is 2.05. The van der Waals surface area contributed by atoms with Crippen molar-refractivity contribution in [3.05, 3.63) is 52.4 Å². The molecule has 2 rings (SSSR count). The van der Waals surface area contributed by atoms with Crippen LogP contribution in [0.25, 0.3) is 0 Å². The van der Waals surface area contributed by atoms with Gasteiger partial charge in [-0.1, -0.05) is 6.07 Å². The number of aromatic nitrogens is 1. The van der Waals surface area contributed by atoms with Crippen LogP contribution in [0.3, 0.4) is 0 Å². The molecule has 0 aliphatic rings. The molecule has 1 aromatic carbocycles. The monoisotopic (exact) mass is 349 g/mol. The molecule has 0 amide bonds. The Kier molecular flexibility index (Phi) is 5.98. The average molecular weight is 349 g/mol. The number of nitrogens with two attached hydrogens (primary N) is 1. The molecule has 0 saturated heterocycles. The summed E-state index contributed by atoms with van der Waals surface area (Å²) < 4.78 is 1.45. The first-order valence-corrected chi connectivity index (χ1v) is 7.46. The molecule has 9 heteroatoms. The van der Waals surface area contributed by atoms with Gasteiger partial charge < -0.3 is 30.5 Å². The number of nitrogens with zero attached hydrogens (tertiary/aromatic N) is 1. The fraction of sp³-hybridized carbons (Fsp3) is 0.250. The zero-order chi connectivity index (χ0) is 18.4. The molecule has 25 heavy (non-hydrogen) atoms. The highest BCUT2D eigenvalue weighted by Gasteiger charge is 2.12. The minimum atomic E-state index is -1.14. The minimum Gasteiger partial charge on any atom is -0.504 e. The summed E-state index contributed by atoms with van der Waals surface area (Å²) in [5, 5.41) is 27.5. The van der Waals surface area contributed by atoms with Crippen LogP contribution in [0.5, 0.6) is 17.2 Å². The van der Waals surface area contributed by atoms with Crippen LogP contribution in [0.2, 0.25) is 0 Å². The van der Waals surface area contributed by atoms with E-state index in [1.54, 1.807) is 6.07 Å². The lowest BCUT2D eigenvalue weighted by Crippen LogP contribution is -2.35. The van der Waals surface area contributed by atoms with Gasteiger partial charge in [-0.25, -0.2) is 0 Å². The number of carbonyl (C=O) groups is 1. The van der Waals surface area contributed by atoms with E-state index >= 15 is 0 Å². The largest absolute Gasteiger partial charge is 0.504 e. The second-order valence-electron chi connectivity index (χ2n) is 5.38. The first kappa shape index (κ1) is 18.3. The number of hydroxylamine groups is 1. The molecule has 0 radical (unpaired) electrons.